The summed E-state index contributed by atoms with van der Waals surface area (Å²) in [4.78, 5) is 11.5. The summed E-state index contributed by atoms with van der Waals surface area (Å²) >= 11 is 0. The van der Waals surface area contributed by atoms with Crippen molar-refractivity contribution in [3.05, 3.63) is 23.3 Å². The molecule has 0 heterocycles. The first kappa shape index (κ1) is 19.5. The van der Waals surface area contributed by atoms with Gasteiger partial charge in [0.05, 0.1) is 32.4 Å². The molecule has 0 aliphatic rings. The van der Waals surface area contributed by atoms with Crippen LogP contribution in [0.3, 0.4) is 0 Å². The maximum absolute atomic E-state index is 14.1. The first-order valence-electron chi connectivity index (χ1n) is 6.25. The standard InChI is InChI=1S/C14H20FNO4.ClH/c1-5-20-14(17)12(15)13(16)11-9(18-3)6-8(2)7-10(11)19-4;/h6-7,12-13H,5,16H2,1-4H3;1H/t12?,13-;/m0./s1. The van der Waals surface area contributed by atoms with Gasteiger partial charge < -0.3 is 19.9 Å². The van der Waals surface area contributed by atoms with Gasteiger partial charge in [0.25, 0.3) is 0 Å². The summed E-state index contributed by atoms with van der Waals surface area (Å²) in [6.45, 7) is 3.54. The molecule has 0 spiro atoms. The van der Waals surface area contributed by atoms with Crippen molar-refractivity contribution in [1.29, 1.82) is 0 Å². The van der Waals surface area contributed by atoms with E-state index in [9.17, 15) is 9.18 Å². The van der Waals surface area contributed by atoms with Crippen LogP contribution in [0.2, 0.25) is 0 Å². The molecule has 21 heavy (non-hydrogen) atoms. The number of ether oxygens (including phenoxy) is 3. The maximum atomic E-state index is 14.1. The van der Waals surface area contributed by atoms with Crippen LogP contribution in [0.25, 0.3) is 0 Å². The van der Waals surface area contributed by atoms with Crippen molar-refractivity contribution in [1.82, 2.24) is 0 Å². The molecule has 5 nitrogen and oxygen atoms in total. The van der Waals surface area contributed by atoms with E-state index in [1.54, 1.807) is 19.1 Å². The van der Waals surface area contributed by atoms with Crippen LogP contribution in [-0.4, -0.2) is 33.0 Å². The third kappa shape index (κ3) is 4.47. The van der Waals surface area contributed by atoms with Gasteiger partial charge in [-0.2, -0.15) is 0 Å². The van der Waals surface area contributed by atoms with Gasteiger partial charge in [-0.1, -0.05) is 0 Å². The Hall–Kier alpha value is -1.53. The number of carbonyl (C=O) groups excluding carboxylic acids is 1. The van der Waals surface area contributed by atoms with Crippen molar-refractivity contribution < 1.29 is 23.4 Å². The predicted molar refractivity (Wildman–Crippen MR) is 80.0 cm³/mol. The van der Waals surface area contributed by atoms with Gasteiger partial charge in [0.2, 0.25) is 6.17 Å². The van der Waals surface area contributed by atoms with Crippen LogP contribution in [0.1, 0.15) is 24.1 Å². The maximum Gasteiger partial charge on any atom is 0.342 e. The molecule has 0 fully saturated rings. The SMILES string of the molecule is CCOC(=O)C(F)[C@@H](N)c1c(OC)cc(C)cc1OC.Cl. The van der Waals surface area contributed by atoms with Gasteiger partial charge in [0.15, 0.2) is 0 Å². The van der Waals surface area contributed by atoms with Crippen LogP contribution in [0.5, 0.6) is 11.5 Å². The number of alkyl halides is 1. The third-order valence-electron chi connectivity index (χ3n) is 2.85. The highest BCUT2D eigenvalue weighted by molar-refractivity contribution is 5.85. The molecule has 1 aromatic carbocycles. The lowest BCUT2D eigenvalue weighted by Crippen LogP contribution is -2.32. The Morgan fingerprint density at radius 1 is 1.29 bits per heavy atom. The van der Waals surface area contributed by atoms with Gasteiger partial charge >= 0.3 is 5.97 Å². The van der Waals surface area contributed by atoms with Crippen molar-refractivity contribution in [2.75, 3.05) is 20.8 Å². The monoisotopic (exact) mass is 321 g/mol. The quantitative estimate of drug-likeness (QED) is 0.814. The largest absolute Gasteiger partial charge is 0.496 e. The molecule has 120 valence electrons. The fourth-order valence-corrected chi connectivity index (χ4v) is 1.91. The number of hydrogen-bond acceptors (Lipinski definition) is 5. The Morgan fingerprint density at radius 2 is 1.76 bits per heavy atom. The molecule has 0 radical (unpaired) electrons. The van der Waals surface area contributed by atoms with E-state index < -0.39 is 18.2 Å². The molecule has 0 aliphatic carbocycles. The number of benzene rings is 1. The smallest absolute Gasteiger partial charge is 0.342 e. The summed E-state index contributed by atoms with van der Waals surface area (Å²) in [6.07, 6.45) is -1.99. The number of hydrogen-bond donors (Lipinski definition) is 1. The van der Waals surface area contributed by atoms with E-state index in [2.05, 4.69) is 4.74 Å². The number of carbonyl (C=O) groups is 1. The average Bonchev–Trinajstić information content (AvgIpc) is 2.44. The number of esters is 1. The minimum Gasteiger partial charge on any atom is -0.496 e. The fraction of sp³-hybridized carbons (Fsp3) is 0.500. The summed E-state index contributed by atoms with van der Waals surface area (Å²) < 4.78 is 29.1. The van der Waals surface area contributed by atoms with Gasteiger partial charge in [-0.3, -0.25) is 0 Å². The van der Waals surface area contributed by atoms with Crippen molar-refractivity contribution >= 4 is 18.4 Å². The van der Waals surface area contributed by atoms with Crippen LogP contribution < -0.4 is 15.2 Å². The Labute approximate surface area is 130 Å². The first-order valence-corrected chi connectivity index (χ1v) is 6.25. The molecule has 0 bridgehead atoms. The van der Waals surface area contributed by atoms with E-state index in [0.717, 1.165) is 5.56 Å². The highest BCUT2D eigenvalue weighted by Crippen LogP contribution is 2.36. The lowest BCUT2D eigenvalue weighted by Gasteiger charge is -2.21. The van der Waals surface area contributed by atoms with Crippen LogP contribution in [0.15, 0.2) is 12.1 Å². The summed E-state index contributed by atoms with van der Waals surface area (Å²) in [5.41, 5.74) is 7.02. The molecule has 1 aromatic rings. The first-order chi connectivity index (χ1) is 9.46. The van der Waals surface area contributed by atoms with Crippen LogP contribution >= 0.6 is 12.4 Å². The van der Waals surface area contributed by atoms with Gasteiger partial charge in [0, 0.05) is 0 Å². The fourth-order valence-electron chi connectivity index (χ4n) is 1.91. The zero-order valence-electron chi connectivity index (χ0n) is 12.5. The van der Waals surface area contributed by atoms with E-state index in [4.69, 9.17) is 15.2 Å². The van der Waals surface area contributed by atoms with E-state index >= 15 is 0 Å². The Kier molecular flexibility index (Phi) is 8.06. The van der Waals surface area contributed by atoms with E-state index in [1.165, 1.54) is 14.2 Å². The van der Waals surface area contributed by atoms with E-state index in [-0.39, 0.29) is 19.0 Å². The lowest BCUT2D eigenvalue weighted by atomic mass is 9.99. The van der Waals surface area contributed by atoms with Crippen LogP contribution in [0.4, 0.5) is 4.39 Å². The van der Waals surface area contributed by atoms with Crippen LogP contribution in [0, 0.1) is 6.92 Å². The van der Waals surface area contributed by atoms with Crippen molar-refractivity contribution in [3.63, 3.8) is 0 Å². The molecule has 2 atom stereocenters. The average molecular weight is 322 g/mol. The lowest BCUT2D eigenvalue weighted by molar-refractivity contribution is -0.149. The Balaban J connectivity index is 0.00000400. The molecule has 0 amide bonds. The second kappa shape index (κ2) is 8.69. The minimum absolute atomic E-state index is 0. The normalized spacial score (nSPS) is 12.9. The number of aryl methyl sites for hydroxylation is 1. The second-order valence-corrected chi connectivity index (χ2v) is 4.26. The molecular formula is C14H21ClFNO4. The Morgan fingerprint density at radius 3 is 2.14 bits per heavy atom. The summed E-state index contributed by atoms with van der Waals surface area (Å²) in [6, 6.07) is 2.19. The predicted octanol–water partition coefficient (Wildman–Crippen LogP) is 2.34. The number of rotatable bonds is 6. The van der Waals surface area contributed by atoms with E-state index in [0.29, 0.717) is 17.1 Å². The summed E-state index contributed by atoms with van der Waals surface area (Å²) in [5.74, 6) is -0.243. The van der Waals surface area contributed by atoms with Gasteiger partial charge in [-0.05, 0) is 31.5 Å². The zero-order valence-corrected chi connectivity index (χ0v) is 13.3. The highest BCUT2D eigenvalue weighted by Gasteiger charge is 2.32. The summed E-state index contributed by atoms with van der Waals surface area (Å²) in [5, 5.41) is 0. The summed E-state index contributed by atoms with van der Waals surface area (Å²) in [7, 11) is 2.89. The molecule has 0 aromatic heterocycles. The van der Waals surface area contributed by atoms with Crippen LogP contribution in [-0.2, 0) is 9.53 Å². The van der Waals surface area contributed by atoms with Gasteiger partial charge in [0.1, 0.15) is 11.5 Å². The van der Waals surface area contributed by atoms with Gasteiger partial charge in [-0.15, -0.1) is 12.4 Å². The topological polar surface area (TPSA) is 70.8 Å². The minimum atomic E-state index is -1.99. The zero-order chi connectivity index (χ0) is 15.3. The molecule has 2 N–H and O–H groups in total. The van der Waals surface area contributed by atoms with Crippen molar-refractivity contribution in [2.45, 2.75) is 26.1 Å². The van der Waals surface area contributed by atoms with E-state index in [1.807, 2.05) is 6.92 Å². The molecule has 0 saturated carbocycles. The molecule has 0 saturated heterocycles. The molecule has 7 heteroatoms. The van der Waals surface area contributed by atoms with Crippen molar-refractivity contribution in [2.24, 2.45) is 5.73 Å². The third-order valence-corrected chi connectivity index (χ3v) is 2.85. The van der Waals surface area contributed by atoms with Gasteiger partial charge in [-0.25, -0.2) is 9.18 Å². The second-order valence-electron chi connectivity index (χ2n) is 4.26. The number of nitrogens with two attached hydrogens (primary N) is 1. The Bertz CT molecular complexity index is 459. The number of halogens is 2. The van der Waals surface area contributed by atoms with Crippen molar-refractivity contribution in [3.8, 4) is 11.5 Å². The molecular weight excluding hydrogens is 301 g/mol. The molecule has 0 aliphatic heterocycles. The highest BCUT2D eigenvalue weighted by atomic mass is 35.5. The molecule has 1 rings (SSSR count). The molecule has 1 unspecified atom stereocenters. The number of methoxy groups -OCH3 is 2.